The number of nitrogens with one attached hydrogen (secondary N) is 1. The highest BCUT2D eigenvalue weighted by molar-refractivity contribution is 7.80. The van der Waals surface area contributed by atoms with Gasteiger partial charge in [0.05, 0.1) is 31.9 Å². The molecule has 3 aromatic rings. The van der Waals surface area contributed by atoms with Gasteiger partial charge in [-0.05, 0) is 87.1 Å². The summed E-state index contributed by atoms with van der Waals surface area (Å²) < 4.78 is 16.2. The number of esters is 1. The van der Waals surface area contributed by atoms with Crippen LogP contribution >= 0.6 is 35.4 Å². The van der Waals surface area contributed by atoms with Crippen LogP contribution in [0.1, 0.15) is 47.1 Å². The molecule has 0 spiro atoms. The minimum atomic E-state index is -0.437. The van der Waals surface area contributed by atoms with Crippen molar-refractivity contribution < 1.29 is 23.8 Å². The van der Waals surface area contributed by atoms with E-state index in [1.807, 2.05) is 13.8 Å². The van der Waals surface area contributed by atoms with E-state index < -0.39 is 11.9 Å². The number of halogens is 2. The fraction of sp³-hybridized carbons (Fsp3) is 0.250. The number of hydrogen-bond donors (Lipinski definition) is 1. The van der Waals surface area contributed by atoms with Crippen LogP contribution in [0.5, 0.6) is 11.5 Å². The standard InChI is InChI=1S/C28H28Cl2N2O5S/c1-4-35-23-13-20(14-24(16-23)36-5-2)26(33)31-28(38)32(17-19-7-10-21(29)15-25(19)30)22-11-8-18(9-12-22)27(34)37-6-3/h7-16H,4-6,17H2,1-3H3,(H,31,33,38). The first-order chi connectivity index (χ1) is 18.2. The number of anilines is 1. The summed E-state index contributed by atoms with van der Waals surface area (Å²) in [6.45, 7) is 6.83. The van der Waals surface area contributed by atoms with Crippen molar-refractivity contribution in [3.05, 3.63) is 87.4 Å². The molecule has 0 heterocycles. The molecule has 10 heteroatoms. The predicted octanol–water partition coefficient (Wildman–Crippen LogP) is 6.69. The number of ether oxygens (including phenoxy) is 3. The van der Waals surface area contributed by atoms with Gasteiger partial charge in [0.15, 0.2) is 5.11 Å². The van der Waals surface area contributed by atoms with Gasteiger partial charge in [-0.15, -0.1) is 0 Å². The predicted molar refractivity (Wildman–Crippen MR) is 154 cm³/mol. The molecule has 0 aromatic heterocycles. The maximum Gasteiger partial charge on any atom is 0.338 e. The van der Waals surface area contributed by atoms with Crippen molar-refractivity contribution in [2.45, 2.75) is 27.3 Å². The van der Waals surface area contributed by atoms with Crippen molar-refractivity contribution in [2.75, 3.05) is 24.7 Å². The average molecular weight is 576 g/mol. The molecule has 0 aliphatic rings. The Morgan fingerprint density at radius 1 is 0.842 bits per heavy atom. The summed E-state index contributed by atoms with van der Waals surface area (Å²) in [5.41, 5.74) is 2.08. The van der Waals surface area contributed by atoms with Crippen LogP contribution < -0.4 is 19.7 Å². The lowest BCUT2D eigenvalue weighted by atomic mass is 10.1. The second-order valence-electron chi connectivity index (χ2n) is 7.91. The number of carbonyl (C=O) groups excluding carboxylic acids is 2. The zero-order chi connectivity index (χ0) is 27.7. The van der Waals surface area contributed by atoms with Crippen LogP contribution in [0.15, 0.2) is 60.7 Å². The quantitative estimate of drug-likeness (QED) is 0.213. The van der Waals surface area contributed by atoms with Crippen molar-refractivity contribution in [3.63, 3.8) is 0 Å². The smallest absolute Gasteiger partial charge is 0.338 e. The third kappa shape index (κ3) is 7.84. The Kier molecular flexibility index (Phi) is 10.8. The largest absolute Gasteiger partial charge is 0.494 e. The van der Waals surface area contributed by atoms with Crippen molar-refractivity contribution in [1.29, 1.82) is 0 Å². The van der Waals surface area contributed by atoms with E-state index in [9.17, 15) is 9.59 Å². The molecule has 0 radical (unpaired) electrons. The summed E-state index contributed by atoms with van der Waals surface area (Å²) in [5, 5.41) is 3.87. The number of thiocarbonyl (C=S) groups is 1. The van der Waals surface area contributed by atoms with E-state index in [1.165, 1.54) is 0 Å². The summed E-state index contributed by atoms with van der Waals surface area (Å²) in [5.74, 6) is 0.150. The van der Waals surface area contributed by atoms with E-state index in [2.05, 4.69) is 5.32 Å². The molecular formula is C28H28Cl2N2O5S. The van der Waals surface area contributed by atoms with Gasteiger partial charge < -0.3 is 19.1 Å². The van der Waals surface area contributed by atoms with Gasteiger partial charge in [-0.1, -0.05) is 29.3 Å². The summed E-state index contributed by atoms with van der Waals surface area (Å²) >= 11 is 18.2. The van der Waals surface area contributed by atoms with Gasteiger partial charge in [0.2, 0.25) is 0 Å². The van der Waals surface area contributed by atoms with E-state index in [4.69, 9.17) is 49.6 Å². The molecule has 3 aromatic carbocycles. The molecular weight excluding hydrogens is 547 g/mol. The molecule has 3 rings (SSSR count). The van der Waals surface area contributed by atoms with Gasteiger partial charge in [0.25, 0.3) is 5.91 Å². The molecule has 38 heavy (non-hydrogen) atoms. The molecule has 0 fully saturated rings. The van der Waals surface area contributed by atoms with Crippen LogP contribution in [0.4, 0.5) is 5.69 Å². The van der Waals surface area contributed by atoms with Crippen LogP contribution in [0.25, 0.3) is 0 Å². The highest BCUT2D eigenvalue weighted by atomic mass is 35.5. The maximum absolute atomic E-state index is 13.2. The van der Waals surface area contributed by atoms with Gasteiger partial charge in [0.1, 0.15) is 11.5 Å². The number of nitrogens with zero attached hydrogens (tertiary/aromatic N) is 1. The zero-order valence-electron chi connectivity index (χ0n) is 21.3. The Hall–Kier alpha value is -3.33. The topological polar surface area (TPSA) is 77.1 Å². The molecule has 0 saturated heterocycles. The van der Waals surface area contributed by atoms with Crippen molar-refractivity contribution in [3.8, 4) is 11.5 Å². The van der Waals surface area contributed by atoms with Crippen molar-refractivity contribution >= 4 is 58.1 Å². The lowest BCUT2D eigenvalue weighted by Crippen LogP contribution is -2.42. The molecule has 1 amide bonds. The van der Waals surface area contributed by atoms with Crippen molar-refractivity contribution in [2.24, 2.45) is 0 Å². The Bertz CT molecular complexity index is 1280. The molecule has 0 bridgehead atoms. The summed E-state index contributed by atoms with van der Waals surface area (Å²) in [6, 6.07) is 16.8. The summed E-state index contributed by atoms with van der Waals surface area (Å²) in [6.07, 6.45) is 0. The number of carbonyl (C=O) groups is 2. The van der Waals surface area contributed by atoms with Crippen LogP contribution in [0.3, 0.4) is 0 Å². The lowest BCUT2D eigenvalue weighted by Gasteiger charge is -2.26. The third-order valence-electron chi connectivity index (χ3n) is 5.26. The Balaban J connectivity index is 1.91. The first kappa shape index (κ1) is 29.2. The lowest BCUT2D eigenvalue weighted by molar-refractivity contribution is 0.0526. The van der Waals surface area contributed by atoms with Crippen LogP contribution in [0, 0.1) is 0 Å². The van der Waals surface area contributed by atoms with Crippen LogP contribution in [-0.2, 0) is 11.3 Å². The Labute approximate surface area is 237 Å². The highest BCUT2D eigenvalue weighted by Gasteiger charge is 2.20. The van der Waals surface area contributed by atoms with Gasteiger partial charge in [-0.2, -0.15) is 0 Å². The SMILES string of the molecule is CCOC(=O)c1ccc(N(Cc2ccc(Cl)cc2Cl)C(=S)NC(=O)c2cc(OCC)cc(OCC)c2)cc1. The van der Waals surface area contributed by atoms with Crippen molar-refractivity contribution in [1.82, 2.24) is 5.32 Å². The number of hydrogen-bond acceptors (Lipinski definition) is 6. The normalized spacial score (nSPS) is 10.4. The van der Waals surface area contributed by atoms with E-state index >= 15 is 0 Å². The highest BCUT2D eigenvalue weighted by Crippen LogP contribution is 2.26. The van der Waals surface area contributed by atoms with E-state index in [-0.39, 0.29) is 18.3 Å². The molecule has 7 nitrogen and oxygen atoms in total. The van der Waals surface area contributed by atoms with Gasteiger partial charge in [0, 0.05) is 27.4 Å². The number of rotatable bonds is 10. The van der Waals surface area contributed by atoms with Gasteiger partial charge in [-0.25, -0.2) is 4.79 Å². The Morgan fingerprint density at radius 2 is 1.47 bits per heavy atom. The van der Waals surface area contributed by atoms with E-state index in [0.29, 0.717) is 51.6 Å². The molecule has 200 valence electrons. The molecule has 0 aliphatic carbocycles. The summed E-state index contributed by atoms with van der Waals surface area (Å²) in [7, 11) is 0. The van der Waals surface area contributed by atoms with Gasteiger partial charge in [-0.3, -0.25) is 10.1 Å². The number of benzene rings is 3. The van der Waals surface area contributed by atoms with Crippen LogP contribution in [0.2, 0.25) is 10.0 Å². The monoisotopic (exact) mass is 574 g/mol. The fourth-order valence-electron chi connectivity index (χ4n) is 3.53. The first-order valence-corrected chi connectivity index (χ1v) is 13.2. The summed E-state index contributed by atoms with van der Waals surface area (Å²) in [4.78, 5) is 27.1. The second kappa shape index (κ2) is 14.0. The minimum absolute atomic E-state index is 0.129. The third-order valence-corrected chi connectivity index (χ3v) is 6.17. The van der Waals surface area contributed by atoms with E-state index in [1.54, 1.807) is 72.5 Å². The maximum atomic E-state index is 13.2. The molecule has 0 unspecified atom stereocenters. The van der Waals surface area contributed by atoms with E-state index in [0.717, 1.165) is 5.56 Å². The molecule has 0 saturated carbocycles. The molecule has 0 atom stereocenters. The number of amides is 1. The minimum Gasteiger partial charge on any atom is -0.494 e. The second-order valence-corrected chi connectivity index (χ2v) is 9.14. The van der Waals surface area contributed by atoms with Gasteiger partial charge >= 0.3 is 5.97 Å². The zero-order valence-corrected chi connectivity index (χ0v) is 23.6. The molecule has 0 aliphatic heterocycles. The average Bonchev–Trinajstić information content (AvgIpc) is 2.88. The fourth-order valence-corrected chi connectivity index (χ4v) is 4.26. The molecule has 1 N–H and O–H groups in total. The first-order valence-electron chi connectivity index (χ1n) is 12.0. The Morgan fingerprint density at radius 3 is 2.03 bits per heavy atom. The van der Waals surface area contributed by atoms with Crippen LogP contribution in [-0.4, -0.2) is 36.8 Å².